The Bertz CT molecular complexity index is 5710. The van der Waals surface area contributed by atoms with E-state index in [0.29, 0.717) is 114 Å². The molecule has 0 aliphatic heterocycles. The fourth-order valence-corrected chi connectivity index (χ4v) is 13.6. The predicted molar refractivity (Wildman–Crippen MR) is 493 cm³/mol. The van der Waals surface area contributed by atoms with Crippen LogP contribution in [0, 0.1) is 0 Å². The van der Waals surface area contributed by atoms with Gasteiger partial charge in [-0.25, -0.2) is 8.78 Å². The number of anilines is 5. The largest absolute Gasteiger partial charge is 0.492 e. The van der Waals surface area contributed by atoms with Crippen LogP contribution in [-0.2, 0) is 81.0 Å². The van der Waals surface area contributed by atoms with Crippen LogP contribution in [0.3, 0.4) is 0 Å². The van der Waals surface area contributed by atoms with Crippen molar-refractivity contribution in [1.82, 2.24) is 26.6 Å². The van der Waals surface area contributed by atoms with Crippen molar-refractivity contribution in [2.24, 2.45) is 0 Å². The van der Waals surface area contributed by atoms with E-state index in [1.54, 1.807) is 60.7 Å². The quantitative estimate of drug-likeness (QED) is 0.0214. The zero-order valence-electron chi connectivity index (χ0n) is 68.2. The Hall–Kier alpha value is -9.07. The molecule has 0 spiro atoms. The topological polar surface area (TPSA) is 130 Å². The molecule has 0 saturated heterocycles. The molecule has 137 heavy (non-hydrogen) atoms. The highest BCUT2D eigenvalue weighted by Crippen LogP contribution is 2.44. The number of nitrogens with one attached hydrogen (secondary N) is 10. The summed E-state index contributed by atoms with van der Waals surface area (Å²) in [6, 6.07) is 34.7. The molecule has 53 heteroatoms. The third kappa shape index (κ3) is 40.6. The lowest BCUT2D eigenvalue weighted by molar-refractivity contribution is -0.144. The zero-order chi connectivity index (χ0) is 103. The fraction of sp³-hybridized carbons (Fsp3) is 0.226. The minimum absolute atomic E-state index is 0.0233. The van der Waals surface area contributed by atoms with Crippen molar-refractivity contribution in [3.05, 3.63) is 312 Å². The van der Waals surface area contributed by atoms with E-state index in [9.17, 15) is 127 Å². The van der Waals surface area contributed by atoms with Crippen molar-refractivity contribution in [2.45, 2.75) is 101 Å². The van der Waals surface area contributed by atoms with Crippen molar-refractivity contribution in [1.29, 1.82) is 0 Å². The molecular formula is C84H61BrCl7F29N10OS5. The second-order valence-electron chi connectivity index (χ2n) is 27.9. The van der Waals surface area contributed by atoms with Crippen LogP contribution in [0.2, 0.25) is 35.2 Å². The molecule has 0 bridgehead atoms. The molecule has 11 nitrogen and oxygen atoms in total. The van der Waals surface area contributed by atoms with Crippen molar-refractivity contribution in [3.8, 4) is 5.75 Å². The van der Waals surface area contributed by atoms with Crippen molar-refractivity contribution in [3.63, 3.8) is 0 Å². The average molecular weight is 2270 g/mol. The van der Waals surface area contributed by atoms with Gasteiger partial charge in [-0.05, 0) is 248 Å². The van der Waals surface area contributed by atoms with E-state index in [0.717, 1.165) is 33.3 Å². The number of hydrogen-bond donors (Lipinski definition) is 10. The Labute approximate surface area is 829 Å². The van der Waals surface area contributed by atoms with Gasteiger partial charge in [0.05, 0.1) is 72.7 Å². The molecule has 0 aliphatic rings. The molecule has 0 saturated carbocycles. The first kappa shape index (κ1) is 117. The van der Waals surface area contributed by atoms with Crippen molar-refractivity contribution < 1.29 is 132 Å². The van der Waals surface area contributed by atoms with Gasteiger partial charge in [0.25, 0.3) is 5.92 Å². The van der Waals surface area contributed by atoms with Gasteiger partial charge in [0.1, 0.15) is 12.4 Å². The van der Waals surface area contributed by atoms with Crippen LogP contribution in [0.15, 0.2) is 199 Å². The Balaban J connectivity index is 0.000000263. The normalized spacial score (nSPS) is 12.2. The lowest BCUT2D eigenvalue weighted by Crippen LogP contribution is -2.32. The number of ether oxygens (including phenoxy) is 1. The number of halogens is 37. The first-order valence-corrected chi connectivity index (χ1v) is 42.9. The van der Waals surface area contributed by atoms with Gasteiger partial charge in [-0.3, -0.25) is 0 Å². The standard InChI is InChI=1S/C18H16BrF5N2S.C17H12Cl2F6N2OS.C17H12Cl2F6N2S.C16H10Cl2F6N2S.C16H11ClF6N2S/c1-10(11-3-5-14(19)6-4-11)25-16(27)26-15-8-12(17(2,20)21)7-13(9-15)18(22,23)24;18-13-2-1-12(8-14(13)19)28-4-3-26-15(29)27-11-6-9(16(20,21)22)5-10(7-11)17(23,24)25;18-12-2-1-9(14(19)8-12)3-4-26-15(28)27-13-6-10(16(20,21)22)5-11(7-13)17(23,24)25;17-11-2-1-8(13(18)6-11)7-25-14(27)26-12-4-9(15(19,20)21)3-10(5-12)16(22,23)24;17-12-3-1-2-9(4-12)8-24-14(26)25-13-6-10(15(18,19)20)5-11(7-13)16(21,22)23/h3-10H,1-2H3,(H2,25,26,27);1-2,5-8H,3-4H2,(H2,26,27,29);1-2,5-8H,3-4H2,(H2,26,27,28);1-6H,7H2,(H2,25,26,27);1-7H,8H2,(H2,24,25,26). The molecule has 10 N–H and O–H groups in total. The van der Waals surface area contributed by atoms with Gasteiger partial charge >= 0.3 is 55.6 Å². The van der Waals surface area contributed by atoms with E-state index in [1.165, 1.54) is 18.2 Å². The molecule has 1 unspecified atom stereocenters. The highest BCUT2D eigenvalue weighted by Gasteiger charge is 2.42. The Kier molecular flexibility index (Phi) is 42.0. The first-order chi connectivity index (χ1) is 62.9. The zero-order valence-corrected chi connectivity index (χ0v) is 79.2. The van der Waals surface area contributed by atoms with Crippen LogP contribution >= 0.6 is 158 Å². The fourth-order valence-electron chi connectivity index (χ4n) is 10.7. The second-order valence-corrected chi connectivity index (χ2v) is 33.8. The molecule has 0 aromatic heterocycles. The van der Waals surface area contributed by atoms with Gasteiger partial charge in [0.2, 0.25) is 0 Å². The summed E-state index contributed by atoms with van der Waals surface area (Å²) < 4.78 is 381. The maximum Gasteiger partial charge on any atom is 0.416 e. The van der Waals surface area contributed by atoms with Crippen LogP contribution in [-0.4, -0.2) is 45.3 Å². The Morgan fingerprint density at radius 3 is 0.964 bits per heavy atom. The van der Waals surface area contributed by atoms with E-state index in [4.69, 9.17) is 147 Å². The van der Waals surface area contributed by atoms with E-state index in [1.807, 2.05) is 31.2 Å². The van der Waals surface area contributed by atoms with Crippen LogP contribution in [0.4, 0.5) is 156 Å². The number of alkyl halides is 29. The summed E-state index contributed by atoms with van der Waals surface area (Å²) in [6.07, 6.45) is -43.8. The van der Waals surface area contributed by atoms with Gasteiger partial charge < -0.3 is 57.9 Å². The van der Waals surface area contributed by atoms with E-state index >= 15 is 0 Å². The van der Waals surface area contributed by atoms with E-state index < -0.39 is 140 Å². The molecular weight excluding hydrogens is 2200 g/mol. The highest BCUT2D eigenvalue weighted by atomic mass is 79.9. The van der Waals surface area contributed by atoms with Crippen molar-refractivity contribution in [2.75, 3.05) is 46.3 Å². The number of rotatable bonds is 19. The van der Waals surface area contributed by atoms with Gasteiger partial charge in [-0.2, -0.15) is 119 Å². The molecule has 0 aliphatic carbocycles. The third-order valence-corrected chi connectivity index (χ3v) is 21.0. The summed E-state index contributed by atoms with van der Waals surface area (Å²) in [5, 5.41) is 27.6. The molecule has 1 atom stereocenters. The molecule has 0 radical (unpaired) electrons. The molecule has 10 aromatic rings. The SMILES string of the molecule is CC(NC(=S)Nc1cc(C(C)(F)F)cc(C(F)(F)F)c1)c1ccc(Br)cc1.FC(F)(F)c1cc(NC(=S)NCCOc2ccc(Cl)c(Cl)c2)cc(C(F)(F)F)c1.FC(F)(F)c1cc(NC(=S)NCCc2ccc(Cl)cc2Cl)cc(C(F)(F)F)c1.FC(F)(F)c1cc(NC(=S)NCc2ccc(Cl)cc2Cl)cc(C(F)(F)F)c1.FC(F)(F)c1cc(NC(=S)NCc2cccc(Cl)c2)cc(C(F)(F)F)c1. The van der Waals surface area contributed by atoms with Crippen LogP contribution in [0.1, 0.15) is 97.8 Å². The van der Waals surface area contributed by atoms with Crippen LogP contribution < -0.4 is 57.9 Å². The lowest BCUT2D eigenvalue weighted by Gasteiger charge is -2.20. The molecule has 0 amide bonds. The smallest absolute Gasteiger partial charge is 0.416 e. The summed E-state index contributed by atoms with van der Waals surface area (Å²) >= 11 is 69.1. The number of thiocarbonyl (C=S) groups is 5. The van der Waals surface area contributed by atoms with E-state index in [2.05, 4.69) is 69.1 Å². The van der Waals surface area contributed by atoms with Crippen molar-refractivity contribution >= 4 is 212 Å². The van der Waals surface area contributed by atoms with Crippen LogP contribution in [0.25, 0.3) is 0 Å². The summed E-state index contributed by atoms with van der Waals surface area (Å²) in [6.45, 7) is 3.10. The highest BCUT2D eigenvalue weighted by molar-refractivity contribution is 9.10. The van der Waals surface area contributed by atoms with Gasteiger partial charge in [0, 0.05) is 96.2 Å². The molecule has 742 valence electrons. The summed E-state index contributed by atoms with van der Waals surface area (Å²) in [5.74, 6) is -3.00. The number of hydrogen-bond acceptors (Lipinski definition) is 6. The van der Waals surface area contributed by atoms with Gasteiger partial charge in [-0.1, -0.05) is 134 Å². The average Bonchev–Trinajstić information content (AvgIpc) is 0.817. The third-order valence-electron chi connectivity index (χ3n) is 17.2. The minimum Gasteiger partial charge on any atom is -0.492 e. The summed E-state index contributed by atoms with van der Waals surface area (Å²) in [4.78, 5) is 0. The monoisotopic (exact) mass is 2260 g/mol. The molecule has 10 rings (SSSR count). The van der Waals surface area contributed by atoms with Gasteiger partial charge in [-0.15, -0.1) is 0 Å². The first-order valence-electron chi connectivity index (χ1n) is 37.4. The molecule has 0 heterocycles. The Morgan fingerprint density at radius 1 is 0.314 bits per heavy atom. The summed E-state index contributed by atoms with van der Waals surface area (Å²) in [5.41, 5.74) is -12.3. The maximum atomic E-state index is 13.6. The van der Waals surface area contributed by atoms with E-state index in [-0.39, 0.29) is 94.3 Å². The van der Waals surface area contributed by atoms with Gasteiger partial charge in [0.15, 0.2) is 25.6 Å². The lowest BCUT2D eigenvalue weighted by atomic mass is 10.0. The summed E-state index contributed by atoms with van der Waals surface area (Å²) in [7, 11) is 0. The molecule has 10 aromatic carbocycles. The Morgan fingerprint density at radius 2 is 0.628 bits per heavy atom. The maximum absolute atomic E-state index is 13.6. The predicted octanol–water partition coefficient (Wildman–Crippen LogP) is 32.0. The minimum atomic E-state index is -4.94. The van der Waals surface area contributed by atoms with Crippen LogP contribution in [0.5, 0.6) is 5.75 Å². The molecule has 0 fully saturated rings. The second kappa shape index (κ2) is 49.4. The number of benzene rings is 10.